The zero-order chi connectivity index (χ0) is 13.0. The van der Waals surface area contributed by atoms with Crippen LogP contribution in [0, 0.1) is 6.92 Å². The lowest BCUT2D eigenvalue weighted by Gasteiger charge is -2.12. The minimum atomic E-state index is 0.669. The molecule has 0 aromatic heterocycles. The number of hydrogen-bond donors (Lipinski definition) is 1. The van der Waals surface area contributed by atoms with Gasteiger partial charge in [0.15, 0.2) is 0 Å². The fourth-order valence-electron chi connectivity index (χ4n) is 1.71. The molecule has 0 bridgehead atoms. The Morgan fingerprint density at radius 3 is 2.39 bits per heavy atom. The Balaban J connectivity index is 2.17. The lowest BCUT2D eigenvalue weighted by atomic mass is 10.1. The molecule has 0 heterocycles. The van der Waals surface area contributed by atoms with E-state index in [4.69, 9.17) is 0 Å². The second kappa shape index (κ2) is 5.32. The van der Waals surface area contributed by atoms with E-state index in [1.165, 1.54) is 5.56 Å². The van der Waals surface area contributed by atoms with Gasteiger partial charge in [-0.15, -0.1) is 0 Å². The molecule has 2 aromatic rings. The van der Waals surface area contributed by atoms with E-state index >= 15 is 0 Å². The number of carbonyl (C=O) groups excluding carboxylic acids is 1. The van der Waals surface area contributed by atoms with E-state index in [1.807, 2.05) is 43.3 Å². The minimum absolute atomic E-state index is 0.669. The minimum Gasteiger partial charge on any atom is -0.355 e. The van der Waals surface area contributed by atoms with Crippen LogP contribution in [0.5, 0.6) is 0 Å². The summed E-state index contributed by atoms with van der Waals surface area (Å²) in [5, 5.41) is 3.28. The Morgan fingerprint density at radius 2 is 1.78 bits per heavy atom. The van der Waals surface area contributed by atoms with Gasteiger partial charge in [-0.2, -0.15) is 0 Å². The van der Waals surface area contributed by atoms with E-state index in [-0.39, 0.29) is 0 Å². The SMILES string of the molecule is C=C(Nc1ccccc1C)c1ccc(C=O)cc1. The number of nitrogens with one attached hydrogen (secondary N) is 1. The maximum atomic E-state index is 10.6. The second-order valence-corrected chi connectivity index (χ2v) is 4.16. The molecule has 1 N–H and O–H groups in total. The quantitative estimate of drug-likeness (QED) is 0.817. The molecule has 90 valence electrons. The number of para-hydroxylation sites is 1. The van der Waals surface area contributed by atoms with Crippen LogP contribution in [0.15, 0.2) is 55.1 Å². The second-order valence-electron chi connectivity index (χ2n) is 4.16. The van der Waals surface area contributed by atoms with E-state index in [9.17, 15) is 4.79 Å². The average Bonchev–Trinajstić information content (AvgIpc) is 2.41. The van der Waals surface area contributed by atoms with E-state index in [2.05, 4.69) is 11.9 Å². The van der Waals surface area contributed by atoms with Gasteiger partial charge in [0, 0.05) is 16.9 Å². The van der Waals surface area contributed by atoms with Crippen molar-refractivity contribution in [3.63, 3.8) is 0 Å². The molecule has 0 amide bonds. The Bertz CT molecular complexity index is 570. The zero-order valence-electron chi connectivity index (χ0n) is 10.3. The highest BCUT2D eigenvalue weighted by molar-refractivity contribution is 5.79. The van der Waals surface area contributed by atoms with Crippen molar-refractivity contribution in [1.29, 1.82) is 0 Å². The fourth-order valence-corrected chi connectivity index (χ4v) is 1.71. The molecule has 0 aliphatic carbocycles. The molecule has 0 aliphatic heterocycles. The summed E-state index contributed by atoms with van der Waals surface area (Å²) in [5.41, 5.74) is 4.68. The summed E-state index contributed by atoms with van der Waals surface area (Å²) in [6, 6.07) is 15.4. The number of aldehydes is 1. The Labute approximate surface area is 107 Å². The van der Waals surface area contributed by atoms with Gasteiger partial charge in [-0.25, -0.2) is 0 Å². The van der Waals surface area contributed by atoms with Gasteiger partial charge in [0.2, 0.25) is 0 Å². The highest BCUT2D eigenvalue weighted by Gasteiger charge is 2.01. The largest absolute Gasteiger partial charge is 0.355 e. The number of carbonyl (C=O) groups is 1. The van der Waals surface area contributed by atoms with Crippen molar-refractivity contribution in [2.24, 2.45) is 0 Å². The molecule has 0 atom stereocenters. The molecule has 0 saturated heterocycles. The van der Waals surface area contributed by atoms with Gasteiger partial charge in [0.1, 0.15) is 6.29 Å². The molecule has 0 saturated carbocycles. The first-order chi connectivity index (χ1) is 8.70. The molecule has 0 spiro atoms. The van der Waals surface area contributed by atoms with E-state index in [0.29, 0.717) is 5.56 Å². The van der Waals surface area contributed by atoms with Crippen molar-refractivity contribution in [2.75, 3.05) is 5.32 Å². The van der Waals surface area contributed by atoms with Gasteiger partial charge >= 0.3 is 0 Å². The molecule has 2 heteroatoms. The van der Waals surface area contributed by atoms with Crippen LogP contribution in [-0.4, -0.2) is 6.29 Å². The molecule has 0 aliphatic rings. The van der Waals surface area contributed by atoms with Crippen LogP contribution >= 0.6 is 0 Å². The maximum Gasteiger partial charge on any atom is 0.150 e. The molecule has 2 nitrogen and oxygen atoms in total. The topological polar surface area (TPSA) is 29.1 Å². The molecule has 18 heavy (non-hydrogen) atoms. The first kappa shape index (κ1) is 12.1. The summed E-state index contributed by atoms with van der Waals surface area (Å²) in [4.78, 5) is 10.6. The van der Waals surface area contributed by atoms with Crippen molar-refractivity contribution >= 4 is 17.7 Å². The monoisotopic (exact) mass is 237 g/mol. The lowest BCUT2D eigenvalue weighted by molar-refractivity contribution is 0.112. The highest BCUT2D eigenvalue weighted by atomic mass is 16.1. The van der Waals surface area contributed by atoms with Gasteiger partial charge in [-0.1, -0.05) is 49.0 Å². The number of aryl methyl sites for hydroxylation is 1. The standard InChI is InChI=1S/C16H15NO/c1-12-5-3-4-6-16(12)17-13(2)15-9-7-14(11-18)8-10-15/h3-11,17H,2H2,1H3. The summed E-state index contributed by atoms with van der Waals surface area (Å²) in [6.07, 6.45) is 0.835. The summed E-state index contributed by atoms with van der Waals surface area (Å²) in [5.74, 6) is 0. The smallest absolute Gasteiger partial charge is 0.150 e. The number of benzene rings is 2. The zero-order valence-corrected chi connectivity index (χ0v) is 10.3. The molecular weight excluding hydrogens is 222 g/mol. The molecule has 2 aromatic carbocycles. The van der Waals surface area contributed by atoms with Crippen LogP contribution in [0.2, 0.25) is 0 Å². The lowest BCUT2D eigenvalue weighted by Crippen LogP contribution is -1.99. The van der Waals surface area contributed by atoms with Crippen LogP contribution < -0.4 is 5.32 Å². The van der Waals surface area contributed by atoms with Gasteiger partial charge in [0.05, 0.1) is 0 Å². The average molecular weight is 237 g/mol. The third-order valence-corrected chi connectivity index (χ3v) is 2.83. The van der Waals surface area contributed by atoms with Gasteiger partial charge < -0.3 is 5.32 Å². The Kier molecular flexibility index (Phi) is 3.58. The first-order valence-electron chi connectivity index (χ1n) is 5.78. The van der Waals surface area contributed by atoms with E-state index < -0.39 is 0 Å². The third kappa shape index (κ3) is 2.66. The summed E-state index contributed by atoms with van der Waals surface area (Å²) in [7, 11) is 0. The fraction of sp³-hybridized carbons (Fsp3) is 0.0625. The molecule has 0 fully saturated rings. The van der Waals surface area contributed by atoms with Crippen LogP contribution in [0.1, 0.15) is 21.5 Å². The number of hydrogen-bond acceptors (Lipinski definition) is 2. The van der Waals surface area contributed by atoms with Crippen LogP contribution in [0.4, 0.5) is 5.69 Å². The number of rotatable bonds is 4. The van der Waals surface area contributed by atoms with E-state index in [0.717, 1.165) is 23.2 Å². The molecular formula is C16H15NO. The summed E-state index contributed by atoms with van der Waals surface area (Å²) < 4.78 is 0. The highest BCUT2D eigenvalue weighted by Crippen LogP contribution is 2.20. The molecule has 0 unspecified atom stereocenters. The van der Waals surface area contributed by atoms with Gasteiger partial charge in [-0.3, -0.25) is 4.79 Å². The van der Waals surface area contributed by atoms with Crippen molar-refractivity contribution in [3.8, 4) is 0 Å². The van der Waals surface area contributed by atoms with Crippen molar-refractivity contribution in [3.05, 3.63) is 71.8 Å². The summed E-state index contributed by atoms with van der Waals surface area (Å²) in [6.45, 7) is 6.06. The van der Waals surface area contributed by atoms with Crippen LogP contribution in [0.25, 0.3) is 5.70 Å². The summed E-state index contributed by atoms with van der Waals surface area (Å²) >= 11 is 0. The Morgan fingerprint density at radius 1 is 1.11 bits per heavy atom. The maximum absolute atomic E-state index is 10.6. The van der Waals surface area contributed by atoms with Gasteiger partial charge in [0.25, 0.3) is 0 Å². The van der Waals surface area contributed by atoms with Crippen LogP contribution in [0.3, 0.4) is 0 Å². The molecule has 2 rings (SSSR count). The normalized spacial score (nSPS) is 9.83. The first-order valence-corrected chi connectivity index (χ1v) is 5.78. The Hall–Kier alpha value is -2.35. The molecule has 0 radical (unpaired) electrons. The van der Waals surface area contributed by atoms with Crippen LogP contribution in [-0.2, 0) is 0 Å². The van der Waals surface area contributed by atoms with E-state index in [1.54, 1.807) is 12.1 Å². The number of anilines is 1. The van der Waals surface area contributed by atoms with Crippen molar-refractivity contribution in [1.82, 2.24) is 0 Å². The third-order valence-electron chi connectivity index (χ3n) is 2.83. The predicted molar refractivity (Wildman–Crippen MR) is 75.7 cm³/mol. The van der Waals surface area contributed by atoms with Crippen molar-refractivity contribution in [2.45, 2.75) is 6.92 Å². The van der Waals surface area contributed by atoms with Crippen molar-refractivity contribution < 1.29 is 4.79 Å². The predicted octanol–water partition coefficient (Wildman–Crippen LogP) is 3.89. The van der Waals surface area contributed by atoms with Gasteiger partial charge in [-0.05, 0) is 24.1 Å².